The maximum atomic E-state index is 10.3. The lowest BCUT2D eigenvalue weighted by Crippen LogP contribution is -2.60. The molecular formula is C21H24O10. The van der Waals surface area contributed by atoms with Gasteiger partial charge in [-0.25, -0.2) is 0 Å². The Morgan fingerprint density at radius 2 is 1.61 bits per heavy atom. The fourth-order valence-corrected chi connectivity index (χ4v) is 3.87. The number of aromatic hydroxyl groups is 3. The van der Waals surface area contributed by atoms with Crippen molar-refractivity contribution in [3.63, 3.8) is 0 Å². The topological polar surface area (TPSA) is 169 Å². The number of phenols is 3. The molecule has 0 aromatic heterocycles. The minimum absolute atomic E-state index is 0.0432. The largest absolute Gasteiger partial charge is 0.508 e. The van der Waals surface area contributed by atoms with Crippen LogP contribution in [0.1, 0.15) is 17.2 Å². The summed E-state index contributed by atoms with van der Waals surface area (Å²) in [6, 6.07) is 8.65. The van der Waals surface area contributed by atoms with E-state index in [1.54, 1.807) is 12.1 Å². The molecule has 10 nitrogen and oxygen atoms in total. The smallest absolute Gasteiger partial charge is 0.187 e. The highest BCUT2D eigenvalue weighted by Gasteiger charge is 2.46. The Morgan fingerprint density at radius 3 is 2.29 bits per heavy atom. The van der Waals surface area contributed by atoms with Crippen LogP contribution in [-0.4, -0.2) is 79.2 Å². The van der Waals surface area contributed by atoms with Crippen LogP contribution >= 0.6 is 0 Å². The van der Waals surface area contributed by atoms with Crippen molar-refractivity contribution in [2.75, 3.05) is 6.61 Å². The maximum absolute atomic E-state index is 10.3. The van der Waals surface area contributed by atoms with Gasteiger partial charge < -0.3 is 50.0 Å². The van der Waals surface area contributed by atoms with Crippen molar-refractivity contribution in [2.45, 2.75) is 49.3 Å². The van der Waals surface area contributed by atoms with E-state index in [1.165, 1.54) is 18.2 Å². The molecule has 0 amide bonds. The second-order valence-electron chi connectivity index (χ2n) is 7.65. The third-order valence-corrected chi connectivity index (χ3v) is 5.55. The zero-order valence-corrected chi connectivity index (χ0v) is 16.3. The average Bonchev–Trinajstić information content (AvgIpc) is 2.74. The van der Waals surface area contributed by atoms with Gasteiger partial charge in [0.1, 0.15) is 53.5 Å². The molecule has 0 spiro atoms. The lowest BCUT2D eigenvalue weighted by atomic mass is 9.93. The van der Waals surface area contributed by atoms with Crippen LogP contribution in [0.2, 0.25) is 0 Å². The summed E-state index contributed by atoms with van der Waals surface area (Å²) < 4.78 is 17.3. The zero-order valence-electron chi connectivity index (χ0n) is 16.3. The molecule has 0 saturated carbocycles. The van der Waals surface area contributed by atoms with Gasteiger partial charge in [0.05, 0.1) is 6.61 Å². The molecule has 2 aromatic carbocycles. The summed E-state index contributed by atoms with van der Waals surface area (Å²) in [5.41, 5.74) is 0.961. The first-order chi connectivity index (χ1) is 14.8. The Labute approximate surface area is 177 Å². The van der Waals surface area contributed by atoms with Crippen molar-refractivity contribution in [3.05, 3.63) is 47.5 Å². The van der Waals surface area contributed by atoms with E-state index >= 15 is 0 Å². The molecule has 31 heavy (non-hydrogen) atoms. The Hall–Kier alpha value is -2.60. The second kappa shape index (κ2) is 8.50. The normalized spacial score (nSPS) is 32.8. The summed E-state index contributed by atoms with van der Waals surface area (Å²) in [7, 11) is 0. The third kappa shape index (κ3) is 4.13. The molecule has 2 aliphatic heterocycles. The van der Waals surface area contributed by atoms with Crippen molar-refractivity contribution in [3.8, 4) is 23.0 Å². The summed E-state index contributed by atoms with van der Waals surface area (Å²) in [6.07, 6.45) is -8.80. The van der Waals surface area contributed by atoms with E-state index in [2.05, 4.69) is 0 Å². The van der Waals surface area contributed by atoms with Gasteiger partial charge in [0, 0.05) is 24.1 Å². The molecule has 0 unspecified atom stereocenters. The van der Waals surface area contributed by atoms with Gasteiger partial charge in [-0.05, 0) is 17.7 Å². The molecule has 7 atom stereocenters. The van der Waals surface area contributed by atoms with Crippen molar-refractivity contribution < 1.29 is 50.0 Å². The number of aliphatic hydroxyl groups excluding tert-OH is 4. The Kier molecular flexibility index (Phi) is 5.93. The van der Waals surface area contributed by atoms with Crippen molar-refractivity contribution in [1.82, 2.24) is 0 Å². The SMILES string of the molecule is OC[C@H]1O[C@H](O[C@@H]2Cc3c(O)cc(O)cc3O[C@@H]2c2ccc(O)cc2)[C@H](O)[C@H](O)[C@@H]1O. The maximum Gasteiger partial charge on any atom is 0.187 e. The zero-order chi connectivity index (χ0) is 22.3. The van der Waals surface area contributed by atoms with Crippen molar-refractivity contribution in [2.24, 2.45) is 0 Å². The molecule has 4 rings (SSSR count). The highest BCUT2D eigenvalue weighted by atomic mass is 16.7. The van der Waals surface area contributed by atoms with Crippen LogP contribution < -0.4 is 4.74 Å². The summed E-state index contributed by atoms with van der Waals surface area (Å²) >= 11 is 0. The molecule has 0 aliphatic carbocycles. The average molecular weight is 436 g/mol. The first-order valence-corrected chi connectivity index (χ1v) is 9.75. The van der Waals surface area contributed by atoms with E-state index in [1.807, 2.05) is 0 Å². The molecule has 168 valence electrons. The Balaban J connectivity index is 1.66. The first-order valence-electron chi connectivity index (χ1n) is 9.75. The number of rotatable bonds is 4. The van der Waals surface area contributed by atoms with Crippen LogP contribution in [0, 0.1) is 0 Å². The van der Waals surface area contributed by atoms with Gasteiger partial charge in [-0.1, -0.05) is 12.1 Å². The predicted octanol–water partition coefficient (Wildman–Crippen LogP) is -0.335. The molecule has 10 heteroatoms. The van der Waals surface area contributed by atoms with Crippen molar-refractivity contribution >= 4 is 0 Å². The van der Waals surface area contributed by atoms with Crippen LogP contribution in [0.3, 0.4) is 0 Å². The predicted molar refractivity (Wildman–Crippen MR) is 104 cm³/mol. The monoisotopic (exact) mass is 436 g/mol. The van der Waals surface area contributed by atoms with E-state index in [-0.39, 0.29) is 29.4 Å². The molecule has 1 saturated heterocycles. The van der Waals surface area contributed by atoms with Crippen LogP contribution in [0.4, 0.5) is 0 Å². The first kappa shape index (κ1) is 21.6. The van der Waals surface area contributed by atoms with Gasteiger partial charge in [0.2, 0.25) is 0 Å². The lowest BCUT2D eigenvalue weighted by Gasteiger charge is -2.43. The van der Waals surface area contributed by atoms with Gasteiger partial charge in [0.25, 0.3) is 0 Å². The standard InChI is InChI=1S/C21H24O10/c22-8-16-17(26)18(27)19(28)21(31-16)30-15-7-12-13(25)5-11(24)6-14(12)29-20(15)9-1-3-10(23)4-2-9/h1-6,15-28H,7-8H2/t15-,16-,17-,18-,19-,20-,21+/m1/s1. The molecule has 1 fully saturated rings. The Morgan fingerprint density at radius 1 is 0.903 bits per heavy atom. The second-order valence-corrected chi connectivity index (χ2v) is 7.65. The van der Waals surface area contributed by atoms with E-state index in [0.717, 1.165) is 6.07 Å². The van der Waals surface area contributed by atoms with E-state index < -0.39 is 49.5 Å². The van der Waals surface area contributed by atoms with Crippen molar-refractivity contribution in [1.29, 1.82) is 0 Å². The summed E-state index contributed by atoms with van der Waals surface area (Å²) in [4.78, 5) is 0. The molecule has 0 bridgehead atoms. The van der Waals surface area contributed by atoms with Crippen LogP contribution in [0.15, 0.2) is 36.4 Å². The number of hydrogen-bond acceptors (Lipinski definition) is 10. The molecule has 2 heterocycles. The third-order valence-electron chi connectivity index (χ3n) is 5.55. The number of hydrogen-bond donors (Lipinski definition) is 7. The van der Waals surface area contributed by atoms with Gasteiger partial charge in [0.15, 0.2) is 12.4 Å². The van der Waals surface area contributed by atoms with E-state index in [9.17, 15) is 35.7 Å². The van der Waals surface area contributed by atoms with Crippen LogP contribution in [-0.2, 0) is 15.9 Å². The highest BCUT2D eigenvalue weighted by molar-refractivity contribution is 5.51. The molecule has 2 aliphatic rings. The lowest BCUT2D eigenvalue weighted by molar-refractivity contribution is -0.317. The summed E-state index contributed by atoms with van der Waals surface area (Å²) in [5.74, 6) is -0.110. The number of ether oxygens (including phenoxy) is 3. The Bertz CT molecular complexity index is 915. The fourth-order valence-electron chi connectivity index (χ4n) is 3.87. The molecule has 2 aromatic rings. The summed E-state index contributed by atoms with van der Waals surface area (Å²) in [5, 5.41) is 69.4. The fraction of sp³-hybridized carbons (Fsp3) is 0.429. The number of fused-ring (bicyclic) bond motifs is 1. The molecular weight excluding hydrogens is 412 g/mol. The molecule has 7 N–H and O–H groups in total. The van der Waals surface area contributed by atoms with E-state index in [4.69, 9.17) is 14.2 Å². The summed E-state index contributed by atoms with van der Waals surface area (Å²) in [6.45, 7) is -0.601. The number of aliphatic hydroxyl groups is 4. The molecule has 0 radical (unpaired) electrons. The number of benzene rings is 2. The highest BCUT2D eigenvalue weighted by Crippen LogP contribution is 2.43. The van der Waals surface area contributed by atoms with Gasteiger partial charge in [-0.3, -0.25) is 0 Å². The number of phenolic OH excluding ortho intramolecular Hbond substituents is 3. The van der Waals surface area contributed by atoms with Crippen LogP contribution in [0.25, 0.3) is 0 Å². The quantitative estimate of drug-likeness (QED) is 0.337. The minimum Gasteiger partial charge on any atom is -0.508 e. The van der Waals surface area contributed by atoms with E-state index in [0.29, 0.717) is 11.1 Å². The van der Waals surface area contributed by atoms with Gasteiger partial charge in [-0.2, -0.15) is 0 Å². The minimum atomic E-state index is -1.61. The van der Waals surface area contributed by atoms with Gasteiger partial charge >= 0.3 is 0 Å². The van der Waals surface area contributed by atoms with Crippen LogP contribution in [0.5, 0.6) is 23.0 Å². The van der Waals surface area contributed by atoms with Gasteiger partial charge in [-0.15, -0.1) is 0 Å².